The van der Waals surface area contributed by atoms with Gasteiger partial charge in [-0.15, -0.1) is 0 Å². The average Bonchev–Trinajstić information content (AvgIpc) is 2.92. The zero-order valence-electron chi connectivity index (χ0n) is 24.0. The molecule has 9 heteroatoms. The highest BCUT2D eigenvalue weighted by molar-refractivity contribution is 5.96. The Morgan fingerprint density at radius 3 is 2.55 bits per heavy atom. The van der Waals surface area contributed by atoms with Crippen molar-refractivity contribution >= 4 is 11.6 Å². The van der Waals surface area contributed by atoms with Crippen molar-refractivity contribution in [2.24, 2.45) is 0 Å². The van der Waals surface area contributed by atoms with E-state index >= 15 is 4.39 Å². The Hall–Kier alpha value is -3.59. The van der Waals surface area contributed by atoms with E-state index in [9.17, 15) is 9.18 Å². The van der Waals surface area contributed by atoms with Crippen LogP contribution < -0.4 is 15.0 Å². The van der Waals surface area contributed by atoms with Crippen LogP contribution >= 0.6 is 0 Å². The van der Waals surface area contributed by atoms with Crippen molar-refractivity contribution in [1.82, 2.24) is 20.2 Å². The number of benzene rings is 1. The zero-order valence-corrected chi connectivity index (χ0v) is 24.0. The van der Waals surface area contributed by atoms with Crippen LogP contribution in [-0.4, -0.2) is 59.6 Å². The number of hydrogen-bond acceptors (Lipinski definition) is 6. The van der Waals surface area contributed by atoms with Crippen LogP contribution in [0.4, 0.5) is 14.5 Å². The Morgan fingerprint density at radius 2 is 1.90 bits per heavy atom. The molecule has 1 aromatic carbocycles. The second-order valence-corrected chi connectivity index (χ2v) is 10.6. The van der Waals surface area contributed by atoms with E-state index in [2.05, 4.69) is 38.9 Å². The molecule has 3 heterocycles. The number of nitrogens with one attached hydrogen (secondary N) is 1. The minimum atomic E-state index is -0.576. The first-order valence-electron chi connectivity index (χ1n) is 13.8. The molecule has 2 aromatic heterocycles. The molecule has 0 saturated carbocycles. The van der Waals surface area contributed by atoms with Crippen molar-refractivity contribution in [2.75, 3.05) is 31.6 Å². The number of aromatic nitrogens is 2. The topological polar surface area (TPSA) is 70.6 Å². The summed E-state index contributed by atoms with van der Waals surface area (Å²) < 4.78 is 34.0. The first kappa shape index (κ1) is 29.4. The highest BCUT2D eigenvalue weighted by atomic mass is 19.1. The van der Waals surface area contributed by atoms with Gasteiger partial charge in [-0.3, -0.25) is 9.78 Å². The van der Waals surface area contributed by atoms with Gasteiger partial charge in [0.05, 0.1) is 24.1 Å². The number of rotatable bonds is 10. The maximum absolute atomic E-state index is 15.2. The summed E-state index contributed by atoms with van der Waals surface area (Å²) in [5.74, 6) is -0.603. The number of hydrogen-bond donors (Lipinski definition) is 1. The molecule has 1 N–H and O–H groups in total. The van der Waals surface area contributed by atoms with Gasteiger partial charge in [0.1, 0.15) is 11.6 Å². The molecule has 1 aliphatic heterocycles. The molecular formula is C31H39F2N5O2. The Bertz CT molecular complexity index is 1300. The van der Waals surface area contributed by atoms with Crippen LogP contribution in [0.1, 0.15) is 58.9 Å². The summed E-state index contributed by atoms with van der Waals surface area (Å²) in [6.45, 7) is 10.4. The van der Waals surface area contributed by atoms with Crippen LogP contribution in [0.2, 0.25) is 0 Å². The van der Waals surface area contributed by atoms with Gasteiger partial charge in [-0.1, -0.05) is 0 Å². The van der Waals surface area contributed by atoms with E-state index in [1.165, 1.54) is 19.2 Å². The SMILES string of the molecule is COc1ccc(N(Cc2cnccc2C)C2CCN([C@H](C)CCNC(=O)c3c(C)cc(F)nc3C)CC2)c(F)c1. The van der Waals surface area contributed by atoms with Crippen molar-refractivity contribution in [3.8, 4) is 5.75 Å². The van der Waals surface area contributed by atoms with Gasteiger partial charge in [0.2, 0.25) is 5.95 Å². The van der Waals surface area contributed by atoms with Gasteiger partial charge in [-0.2, -0.15) is 4.39 Å². The van der Waals surface area contributed by atoms with Gasteiger partial charge >= 0.3 is 0 Å². The van der Waals surface area contributed by atoms with Crippen LogP contribution in [0.5, 0.6) is 5.75 Å². The molecule has 1 saturated heterocycles. The number of piperidine rings is 1. The largest absolute Gasteiger partial charge is 0.497 e. The Morgan fingerprint density at radius 1 is 1.15 bits per heavy atom. The maximum Gasteiger partial charge on any atom is 0.253 e. The van der Waals surface area contributed by atoms with E-state index in [0.29, 0.717) is 41.3 Å². The Balaban J connectivity index is 1.37. The molecular weight excluding hydrogens is 512 g/mol. The summed E-state index contributed by atoms with van der Waals surface area (Å²) in [7, 11) is 1.54. The predicted octanol–water partition coefficient (Wildman–Crippen LogP) is 5.37. The first-order valence-corrected chi connectivity index (χ1v) is 13.8. The standard InChI is InChI=1S/C31H39F2N5O2/c1-20-8-12-34-18-24(20)19-38(28-7-6-26(40-5)17-27(28)32)25-10-14-37(15-11-25)22(3)9-13-35-31(39)30-21(2)16-29(33)36-23(30)4/h6-8,12,16-18,22,25H,9-11,13-15,19H2,1-5H3,(H,35,39)/t22-/m1/s1. The predicted molar refractivity (Wildman–Crippen MR) is 153 cm³/mol. The van der Waals surface area contributed by atoms with Gasteiger partial charge in [-0.05, 0) is 87.9 Å². The number of carbonyl (C=O) groups excluding carboxylic acids is 1. The highest BCUT2D eigenvalue weighted by Gasteiger charge is 2.29. The number of methoxy groups -OCH3 is 1. The number of likely N-dealkylation sites (tertiary alicyclic amines) is 1. The van der Waals surface area contributed by atoms with Crippen molar-refractivity contribution in [3.63, 3.8) is 0 Å². The number of halogens is 2. The minimum Gasteiger partial charge on any atom is -0.497 e. The Labute approximate surface area is 235 Å². The molecule has 3 aromatic rings. The fourth-order valence-electron chi connectivity index (χ4n) is 5.54. The number of anilines is 1. The van der Waals surface area contributed by atoms with Crippen LogP contribution in [0.15, 0.2) is 42.7 Å². The van der Waals surface area contributed by atoms with E-state index in [1.807, 2.05) is 12.3 Å². The summed E-state index contributed by atoms with van der Waals surface area (Å²) in [4.78, 5) is 25.4. The molecule has 0 spiro atoms. The van der Waals surface area contributed by atoms with E-state index in [-0.39, 0.29) is 23.8 Å². The molecule has 0 unspecified atom stereocenters. The van der Waals surface area contributed by atoms with Crippen molar-refractivity contribution in [2.45, 2.75) is 65.6 Å². The summed E-state index contributed by atoms with van der Waals surface area (Å²) in [5.41, 5.74) is 4.18. The number of pyridine rings is 2. The second-order valence-electron chi connectivity index (χ2n) is 10.6. The molecule has 0 bridgehead atoms. The van der Waals surface area contributed by atoms with Crippen molar-refractivity contribution < 1.29 is 18.3 Å². The van der Waals surface area contributed by atoms with Gasteiger partial charge in [-0.25, -0.2) is 9.37 Å². The quantitative estimate of drug-likeness (QED) is 0.342. The molecule has 214 valence electrons. The molecule has 0 radical (unpaired) electrons. The molecule has 1 fully saturated rings. The summed E-state index contributed by atoms with van der Waals surface area (Å²) in [6, 6.07) is 8.75. The monoisotopic (exact) mass is 551 g/mol. The third-order valence-corrected chi connectivity index (χ3v) is 7.96. The van der Waals surface area contributed by atoms with E-state index in [4.69, 9.17) is 4.74 Å². The molecule has 4 rings (SSSR count). The molecule has 7 nitrogen and oxygen atoms in total. The summed E-state index contributed by atoms with van der Waals surface area (Å²) >= 11 is 0. The fraction of sp³-hybridized carbons (Fsp3) is 0.452. The third kappa shape index (κ3) is 6.94. The molecule has 0 aliphatic carbocycles. The highest BCUT2D eigenvalue weighted by Crippen LogP contribution is 2.31. The van der Waals surface area contributed by atoms with Crippen molar-refractivity contribution in [1.29, 1.82) is 0 Å². The molecule has 40 heavy (non-hydrogen) atoms. The molecule has 1 atom stereocenters. The lowest BCUT2D eigenvalue weighted by Crippen LogP contribution is -2.48. The minimum absolute atomic E-state index is 0.169. The number of carbonyl (C=O) groups is 1. The Kier molecular flexibility index (Phi) is 9.68. The summed E-state index contributed by atoms with van der Waals surface area (Å²) in [6.07, 6.45) is 6.20. The van der Waals surface area contributed by atoms with E-state index < -0.39 is 5.95 Å². The average molecular weight is 552 g/mol. The fourth-order valence-corrected chi connectivity index (χ4v) is 5.54. The lowest BCUT2D eigenvalue weighted by Gasteiger charge is -2.42. The van der Waals surface area contributed by atoms with Gasteiger partial charge in [0, 0.05) is 56.7 Å². The number of aryl methyl sites for hydroxylation is 3. The van der Waals surface area contributed by atoms with Crippen LogP contribution in [0.25, 0.3) is 0 Å². The van der Waals surface area contributed by atoms with Crippen LogP contribution in [0.3, 0.4) is 0 Å². The normalized spacial score (nSPS) is 15.1. The maximum atomic E-state index is 15.2. The lowest BCUT2D eigenvalue weighted by atomic mass is 9.98. The molecule has 1 aliphatic rings. The van der Waals surface area contributed by atoms with Gasteiger partial charge in [0.25, 0.3) is 5.91 Å². The van der Waals surface area contributed by atoms with Crippen LogP contribution in [0, 0.1) is 32.5 Å². The number of nitrogens with zero attached hydrogens (tertiary/aromatic N) is 4. The van der Waals surface area contributed by atoms with Gasteiger partial charge in [0.15, 0.2) is 0 Å². The first-order chi connectivity index (χ1) is 19.2. The smallest absolute Gasteiger partial charge is 0.253 e. The summed E-state index contributed by atoms with van der Waals surface area (Å²) in [5, 5.41) is 2.97. The van der Waals surface area contributed by atoms with Crippen LogP contribution in [-0.2, 0) is 6.54 Å². The lowest BCUT2D eigenvalue weighted by molar-refractivity contribution is 0.0943. The second kappa shape index (κ2) is 13.2. The number of ether oxygens (including phenoxy) is 1. The van der Waals surface area contributed by atoms with Crippen molar-refractivity contribution in [3.05, 3.63) is 82.4 Å². The van der Waals surface area contributed by atoms with E-state index in [1.54, 1.807) is 32.2 Å². The zero-order chi connectivity index (χ0) is 28.8. The van der Waals surface area contributed by atoms with E-state index in [0.717, 1.165) is 43.5 Å². The third-order valence-electron chi connectivity index (χ3n) is 7.96. The van der Waals surface area contributed by atoms with Gasteiger partial charge < -0.3 is 19.9 Å². The molecule has 1 amide bonds. The number of amides is 1.